The second kappa shape index (κ2) is 7.47. The third-order valence-electron chi connectivity index (χ3n) is 4.21. The summed E-state index contributed by atoms with van der Waals surface area (Å²) >= 11 is 0. The van der Waals surface area contributed by atoms with Gasteiger partial charge in [-0.1, -0.05) is 43.3 Å². The van der Waals surface area contributed by atoms with Gasteiger partial charge in [-0.15, -0.1) is 0 Å². The van der Waals surface area contributed by atoms with Gasteiger partial charge in [-0.2, -0.15) is 0 Å². The number of hydrogen-bond donors (Lipinski definition) is 1. The van der Waals surface area contributed by atoms with Crippen molar-refractivity contribution in [2.24, 2.45) is 0 Å². The van der Waals surface area contributed by atoms with E-state index in [1.54, 1.807) is 0 Å². The number of benzene rings is 2. The van der Waals surface area contributed by atoms with Crippen molar-refractivity contribution in [3.8, 4) is 5.75 Å². The topological polar surface area (TPSA) is 47.6 Å². The van der Waals surface area contributed by atoms with E-state index >= 15 is 0 Å². The van der Waals surface area contributed by atoms with Crippen LogP contribution in [0.15, 0.2) is 42.5 Å². The minimum atomic E-state index is -0.484. The Kier molecular flexibility index (Phi) is 5.13. The molecule has 2 aromatic rings. The molecule has 0 radical (unpaired) electrons. The van der Waals surface area contributed by atoms with Crippen LogP contribution >= 0.6 is 0 Å². The first-order chi connectivity index (χ1) is 11.3. The Labute approximate surface area is 136 Å². The van der Waals surface area contributed by atoms with Crippen molar-refractivity contribution in [1.29, 1.82) is 0 Å². The average Bonchev–Trinajstić information content (AvgIpc) is 3.11. The summed E-state index contributed by atoms with van der Waals surface area (Å²) < 4.78 is 11.5. The van der Waals surface area contributed by atoms with Crippen molar-refractivity contribution < 1.29 is 14.3 Å². The molecule has 0 bridgehead atoms. The van der Waals surface area contributed by atoms with Gasteiger partial charge in [0.2, 0.25) is 0 Å². The second-order valence-electron chi connectivity index (χ2n) is 5.87. The van der Waals surface area contributed by atoms with Gasteiger partial charge in [-0.05, 0) is 30.7 Å². The highest BCUT2D eigenvalue weighted by Gasteiger charge is 2.22. The lowest BCUT2D eigenvalue weighted by atomic mass is 10.1. The second-order valence-corrected chi connectivity index (χ2v) is 5.87. The highest BCUT2D eigenvalue weighted by atomic mass is 16.5. The van der Waals surface area contributed by atoms with Gasteiger partial charge < -0.3 is 14.8 Å². The third-order valence-corrected chi connectivity index (χ3v) is 4.21. The molecule has 1 heterocycles. The minimum Gasteiger partial charge on any atom is -0.480 e. The van der Waals surface area contributed by atoms with Crippen LogP contribution in [0, 0.1) is 0 Å². The quantitative estimate of drug-likeness (QED) is 0.890. The lowest BCUT2D eigenvalue weighted by molar-refractivity contribution is -0.128. The summed E-state index contributed by atoms with van der Waals surface area (Å²) in [6.07, 6.45) is 2.38. The number of carbonyl (C=O) groups excluding carboxylic acids is 1. The summed E-state index contributed by atoms with van der Waals surface area (Å²) in [4.78, 5) is 12.4. The van der Waals surface area contributed by atoms with Crippen molar-refractivity contribution in [2.45, 2.75) is 38.4 Å². The molecule has 122 valence electrons. The smallest absolute Gasteiger partial charge is 0.261 e. The summed E-state index contributed by atoms with van der Waals surface area (Å²) in [5.41, 5.74) is 0. The molecule has 4 nitrogen and oxygen atoms in total. The van der Waals surface area contributed by atoms with E-state index in [-0.39, 0.29) is 12.0 Å². The molecule has 1 N–H and O–H groups in total. The maximum absolute atomic E-state index is 12.4. The van der Waals surface area contributed by atoms with E-state index < -0.39 is 6.10 Å². The van der Waals surface area contributed by atoms with Gasteiger partial charge in [0.15, 0.2) is 6.10 Å². The molecule has 23 heavy (non-hydrogen) atoms. The summed E-state index contributed by atoms with van der Waals surface area (Å²) in [5, 5.41) is 5.09. The number of nitrogens with one attached hydrogen (secondary N) is 1. The van der Waals surface area contributed by atoms with E-state index in [9.17, 15) is 4.79 Å². The molecule has 0 spiro atoms. The Morgan fingerprint density at radius 3 is 2.91 bits per heavy atom. The minimum absolute atomic E-state index is 0.0732. The lowest BCUT2D eigenvalue weighted by Crippen LogP contribution is -2.41. The first-order valence-corrected chi connectivity index (χ1v) is 8.31. The molecule has 0 aromatic heterocycles. The van der Waals surface area contributed by atoms with Crippen molar-refractivity contribution in [3.05, 3.63) is 42.5 Å². The fourth-order valence-electron chi connectivity index (χ4n) is 2.91. The Morgan fingerprint density at radius 2 is 2.13 bits per heavy atom. The number of rotatable bonds is 6. The molecule has 1 amide bonds. The molecular weight excluding hydrogens is 290 g/mol. The van der Waals surface area contributed by atoms with Crippen LogP contribution in [0.2, 0.25) is 0 Å². The zero-order valence-corrected chi connectivity index (χ0v) is 13.5. The molecule has 0 saturated carbocycles. The maximum Gasteiger partial charge on any atom is 0.261 e. The van der Waals surface area contributed by atoms with Crippen LogP contribution in [0.25, 0.3) is 10.8 Å². The largest absolute Gasteiger partial charge is 0.480 e. The molecule has 4 heteroatoms. The standard InChI is InChI=1S/C19H23NO3/c1-2-17(19(21)20-13-15-9-6-12-22-15)23-18-11-5-8-14-7-3-4-10-16(14)18/h3-5,7-8,10-11,15,17H,2,6,9,12-13H2,1H3,(H,20,21)/t15-,17+/m0/s1. The van der Waals surface area contributed by atoms with Crippen LogP contribution in [0.4, 0.5) is 0 Å². The van der Waals surface area contributed by atoms with Crippen LogP contribution < -0.4 is 10.1 Å². The maximum atomic E-state index is 12.4. The summed E-state index contributed by atoms with van der Waals surface area (Å²) in [5.74, 6) is 0.679. The van der Waals surface area contributed by atoms with Crippen molar-refractivity contribution in [1.82, 2.24) is 5.32 Å². The van der Waals surface area contributed by atoms with Gasteiger partial charge in [0.05, 0.1) is 6.10 Å². The lowest BCUT2D eigenvalue weighted by Gasteiger charge is -2.19. The molecule has 1 aliphatic rings. The zero-order valence-electron chi connectivity index (χ0n) is 13.5. The Balaban J connectivity index is 1.66. The molecule has 2 aromatic carbocycles. The van der Waals surface area contributed by atoms with Gasteiger partial charge >= 0.3 is 0 Å². The number of hydrogen-bond acceptors (Lipinski definition) is 3. The predicted octanol–water partition coefficient (Wildman–Crippen LogP) is 3.29. The molecule has 1 fully saturated rings. The van der Waals surface area contributed by atoms with Gasteiger partial charge in [-0.25, -0.2) is 0 Å². The van der Waals surface area contributed by atoms with Gasteiger partial charge in [0, 0.05) is 18.5 Å². The predicted molar refractivity (Wildman–Crippen MR) is 90.6 cm³/mol. The fourth-order valence-corrected chi connectivity index (χ4v) is 2.91. The molecule has 2 atom stereocenters. The van der Waals surface area contributed by atoms with Crippen molar-refractivity contribution in [3.63, 3.8) is 0 Å². The highest BCUT2D eigenvalue weighted by molar-refractivity contribution is 5.89. The average molecular weight is 313 g/mol. The van der Waals surface area contributed by atoms with E-state index in [2.05, 4.69) is 5.32 Å². The fraction of sp³-hybridized carbons (Fsp3) is 0.421. The first kappa shape index (κ1) is 15.8. The van der Waals surface area contributed by atoms with Gasteiger partial charge in [-0.3, -0.25) is 4.79 Å². The molecule has 1 saturated heterocycles. The summed E-state index contributed by atoms with van der Waals surface area (Å²) in [7, 11) is 0. The van der Waals surface area contributed by atoms with E-state index in [4.69, 9.17) is 9.47 Å². The molecule has 1 aliphatic heterocycles. The van der Waals surface area contributed by atoms with Gasteiger partial charge in [0.1, 0.15) is 5.75 Å². The van der Waals surface area contributed by atoms with Crippen molar-refractivity contribution in [2.75, 3.05) is 13.2 Å². The van der Waals surface area contributed by atoms with Gasteiger partial charge in [0.25, 0.3) is 5.91 Å². The highest BCUT2D eigenvalue weighted by Crippen LogP contribution is 2.26. The van der Waals surface area contributed by atoms with E-state index in [0.717, 1.165) is 36.0 Å². The number of fused-ring (bicyclic) bond motifs is 1. The first-order valence-electron chi connectivity index (χ1n) is 8.31. The summed E-state index contributed by atoms with van der Waals surface area (Å²) in [6.45, 7) is 3.32. The van der Waals surface area contributed by atoms with Crippen LogP contribution in [-0.2, 0) is 9.53 Å². The molecule has 0 aliphatic carbocycles. The summed E-state index contributed by atoms with van der Waals surface area (Å²) in [6, 6.07) is 13.9. The Bertz CT molecular complexity index is 659. The van der Waals surface area contributed by atoms with E-state index in [1.807, 2.05) is 49.4 Å². The van der Waals surface area contributed by atoms with Crippen LogP contribution in [0.1, 0.15) is 26.2 Å². The molecule has 0 unspecified atom stereocenters. The normalized spacial score (nSPS) is 18.7. The van der Waals surface area contributed by atoms with Crippen LogP contribution in [0.5, 0.6) is 5.75 Å². The number of ether oxygens (including phenoxy) is 2. The Hall–Kier alpha value is -2.07. The number of amides is 1. The Morgan fingerprint density at radius 1 is 1.30 bits per heavy atom. The molecule has 3 rings (SSSR count). The van der Waals surface area contributed by atoms with Crippen molar-refractivity contribution >= 4 is 16.7 Å². The monoisotopic (exact) mass is 313 g/mol. The molecular formula is C19H23NO3. The SMILES string of the molecule is CC[C@@H](Oc1cccc2ccccc12)C(=O)NC[C@@H]1CCCO1. The van der Waals surface area contributed by atoms with E-state index in [0.29, 0.717) is 13.0 Å². The van der Waals surface area contributed by atoms with Crippen LogP contribution in [-0.4, -0.2) is 31.3 Å². The number of carbonyl (C=O) groups is 1. The van der Waals surface area contributed by atoms with E-state index in [1.165, 1.54) is 0 Å². The zero-order chi connectivity index (χ0) is 16.1. The van der Waals surface area contributed by atoms with Crippen LogP contribution in [0.3, 0.4) is 0 Å². The third kappa shape index (κ3) is 3.82.